The predicted octanol–water partition coefficient (Wildman–Crippen LogP) is 3.52. The number of hydrogen-bond donors (Lipinski definition) is 0. The average Bonchev–Trinajstić information content (AvgIpc) is 2.65. The van der Waals surface area contributed by atoms with Gasteiger partial charge < -0.3 is 14.2 Å². The molecule has 2 aromatic carbocycles. The maximum absolute atomic E-state index is 12.3. The largest absolute Gasteiger partial charge is 0.497 e. The van der Waals surface area contributed by atoms with Gasteiger partial charge in [0, 0.05) is 5.56 Å². The van der Waals surface area contributed by atoms with Gasteiger partial charge in [0.15, 0.2) is 17.3 Å². The van der Waals surface area contributed by atoms with Crippen molar-refractivity contribution in [1.29, 1.82) is 0 Å². The number of carbonyl (C=O) groups excluding carboxylic acids is 1. The van der Waals surface area contributed by atoms with Crippen molar-refractivity contribution >= 4 is 17.5 Å². The Labute approximate surface area is 144 Å². The van der Waals surface area contributed by atoms with Crippen LogP contribution in [0.2, 0.25) is 0 Å². The fourth-order valence-corrected chi connectivity index (χ4v) is 2.21. The first-order valence-electron chi connectivity index (χ1n) is 7.27. The predicted molar refractivity (Wildman–Crippen MR) is 92.6 cm³/mol. The zero-order valence-corrected chi connectivity index (χ0v) is 14.0. The first-order chi connectivity index (χ1) is 12.0. The lowest BCUT2D eigenvalue weighted by Gasteiger charge is -2.08. The molecule has 0 N–H and O–H groups in total. The molecular formula is C18H17NO6. The van der Waals surface area contributed by atoms with Crippen LogP contribution in [0.5, 0.6) is 17.2 Å². The van der Waals surface area contributed by atoms with Crippen LogP contribution >= 0.6 is 0 Å². The van der Waals surface area contributed by atoms with Crippen molar-refractivity contribution in [2.45, 2.75) is 0 Å². The molecule has 0 aromatic heterocycles. The second-order valence-corrected chi connectivity index (χ2v) is 4.95. The third-order valence-electron chi connectivity index (χ3n) is 3.50. The van der Waals surface area contributed by atoms with E-state index >= 15 is 0 Å². The molecule has 0 aliphatic heterocycles. The molecule has 130 valence electrons. The van der Waals surface area contributed by atoms with Crippen molar-refractivity contribution in [3.63, 3.8) is 0 Å². The minimum Gasteiger partial charge on any atom is -0.497 e. The van der Waals surface area contributed by atoms with Crippen LogP contribution in [-0.2, 0) is 0 Å². The highest BCUT2D eigenvalue weighted by atomic mass is 16.6. The zero-order valence-electron chi connectivity index (χ0n) is 14.0. The number of hydrogen-bond acceptors (Lipinski definition) is 6. The summed E-state index contributed by atoms with van der Waals surface area (Å²) in [5.41, 5.74) is 0.463. The highest BCUT2D eigenvalue weighted by Gasteiger charge is 2.18. The Morgan fingerprint density at radius 3 is 2.32 bits per heavy atom. The molecule has 7 nitrogen and oxygen atoms in total. The van der Waals surface area contributed by atoms with Gasteiger partial charge in [-0.1, -0.05) is 12.1 Å². The lowest BCUT2D eigenvalue weighted by molar-refractivity contribution is -0.385. The summed E-state index contributed by atoms with van der Waals surface area (Å²) in [5.74, 6) is 0.825. The molecule has 2 aromatic rings. The molecule has 25 heavy (non-hydrogen) atoms. The number of nitro groups is 1. The van der Waals surface area contributed by atoms with E-state index in [2.05, 4.69) is 0 Å². The van der Waals surface area contributed by atoms with Gasteiger partial charge in [-0.25, -0.2) is 0 Å². The third-order valence-corrected chi connectivity index (χ3v) is 3.50. The lowest BCUT2D eigenvalue weighted by Crippen LogP contribution is -1.98. The Balaban J connectivity index is 2.38. The maximum atomic E-state index is 12.3. The van der Waals surface area contributed by atoms with Gasteiger partial charge in [-0.2, -0.15) is 0 Å². The van der Waals surface area contributed by atoms with E-state index in [1.807, 2.05) is 0 Å². The zero-order chi connectivity index (χ0) is 18.4. The molecule has 0 bridgehead atoms. The highest BCUT2D eigenvalue weighted by Crippen LogP contribution is 2.35. The number of benzene rings is 2. The van der Waals surface area contributed by atoms with E-state index < -0.39 is 4.92 Å². The monoisotopic (exact) mass is 343 g/mol. The number of carbonyl (C=O) groups is 1. The lowest BCUT2D eigenvalue weighted by atomic mass is 10.1. The molecule has 0 atom stereocenters. The Morgan fingerprint density at radius 1 is 1.04 bits per heavy atom. The number of ketones is 1. The van der Waals surface area contributed by atoms with E-state index in [1.54, 1.807) is 24.3 Å². The van der Waals surface area contributed by atoms with Crippen molar-refractivity contribution < 1.29 is 23.9 Å². The number of ether oxygens (including phenoxy) is 3. The highest BCUT2D eigenvalue weighted by molar-refractivity contribution is 6.07. The molecule has 0 aliphatic rings. The molecule has 0 radical (unpaired) electrons. The fraction of sp³-hybridized carbons (Fsp3) is 0.167. The van der Waals surface area contributed by atoms with E-state index in [-0.39, 0.29) is 22.8 Å². The van der Waals surface area contributed by atoms with Crippen molar-refractivity contribution in [1.82, 2.24) is 0 Å². The SMILES string of the molecule is COc1cccc(C(=O)C=Cc2cc(OC)c(OC)cc2[N+](=O)[O-])c1. The third kappa shape index (κ3) is 4.14. The van der Waals surface area contributed by atoms with Gasteiger partial charge >= 0.3 is 0 Å². The first kappa shape index (κ1) is 18.0. The summed E-state index contributed by atoms with van der Waals surface area (Å²) >= 11 is 0. The topological polar surface area (TPSA) is 87.9 Å². The van der Waals surface area contributed by atoms with E-state index in [0.717, 1.165) is 0 Å². The number of allylic oxidation sites excluding steroid dienone is 1. The standard InChI is InChI=1S/C18H17NO6/c1-23-14-6-4-5-13(9-14)16(20)8-7-12-10-17(24-2)18(25-3)11-15(12)19(21)22/h4-11H,1-3H3. The molecule has 0 saturated heterocycles. The van der Waals surface area contributed by atoms with E-state index in [4.69, 9.17) is 14.2 Å². The van der Waals surface area contributed by atoms with Crippen LogP contribution in [0.15, 0.2) is 42.5 Å². The molecule has 0 aliphatic carbocycles. The first-order valence-corrected chi connectivity index (χ1v) is 7.27. The average molecular weight is 343 g/mol. The molecule has 2 rings (SSSR count). The number of nitrogens with zero attached hydrogens (tertiary/aromatic N) is 1. The van der Waals surface area contributed by atoms with E-state index in [1.165, 1.54) is 45.6 Å². The molecule has 0 saturated carbocycles. The summed E-state index contributed by atoms with van der Waals surface area (Å²) < 4.78 is 15.3. The van der Waals surface area contributed by atoms with Crippen LogP contribution in [-0.4, -0.2) is 32.0 Å². The smallest absolute Gasteiger partial charge is 0.280 e. The molecule has 0 heterocycles. The molecule has 0 unspecified atom stereocenters. The van der Waals surface area contributed by atoms with Gasteiger partial charge in [-0.05, 0) is 30.4 Å². The maximum Gasteiger partial charge on any atom is 0.280 e. The van der Waals surface area contributed by atoms with Crippen LogP contribution in [0, 0.1) is 10.1 Å². The van der Waals surface area contributed by atoms with Gasteiger partial charge in [0.2, 0.25) is 0 Å². The van der Waals surface area contributed by atoms with Crippen LogP contribution < -0.4 is 14.2 Å². The molecule has 0 spiro atoms. The molecular weight excluding hydrogens is 326 g/mol. The van der Waals surface area contributed by atoms with Gasteiger partial charge in [-0.3, -0.25) is 14.9 Å². The van der Waals surface area contributed by atoms with Crippen molar-refractivity contribution in [3.8, 4) is 17.2 Å². The summed E-state index contributed by atoms with van der Waals surface area (Å²) in [6, 6.07) is 9.35. The van der Waals surface area contributed by atoms with Gasteiger partial charge in [0.1, 0.15) is 5.75 Å². The molecule has 0 fully saturated rings. The second kappa shape index (κ2) is 7.96. The fourth-order valence-electron chi connectivity index (χ4n) is 2.21. The Kier molecular flexibility index (Phi) is 5.73. The van der Waals surface area contributed by atoms with Gasteiger partial charge in [0.25, 0.3) is 5.69 Å². The van der Waals surface area contributed by atoms with Gasteiger partial charge in [0.05, 0.1) is 37.9 Å². The second-order valence-electron chi connectivity index (χ2n) is 4.95. The minimum absolute atomic E-state index is 0.188. The van der Waals surface area contributed by atoms with Crippen molar-refractivity contribution in [3.05, 3.63) is 63.7 Å². The Morgan fingerprint density at radius 2 is 1.72 bits per heavy atom. The van der Waals surface area contributed by atoms with E-state index in [9.17, 15) is 14.9 Å². The van der Waals surface area contributed by atoms with Gasteiger partial charge in [-0.15, -0.1) is 0 Å². The van der Waals surface area contributed by atoms with Crippen molar-refractivity contribution in [2.75, 3.05) is 21.3 Å². The Bertz CT molecular complexity index is 828. The summed E-state index contributed by atoms with van der Waals surface area (Å²) in [6.45, 7) is 0. The summed E-state index contributed by atoms with van der Waals surface area (Å²) in [4.78, 5) is 23.0. The summed E-state index contributed by atoms with van der Waals surface area (Å²) in [7, 11) is 4.33. The van der Waals surface area contributed by atoms with Crippen LogP contribution in [0.4, 0.5) is 5.69 Å². The number of methoxy groups -OCH3 is 3. The normalized spacial score (nSPS) is 10.5. The van der Waals surface area contributed by atoms with Crippen LogP contribution in [0.25, 0.3) is 6.08 Å². The van der Waals surface area contributed by atoms with E-state index in [0.29, 0.717) is 17.1 Å². The van der Waals surface area contributed by atoms with Crippen LogP contribution in [0.1, 0.15) is 15.9 Å². The molecule has 0 amide bonds. The van der Waals surface area contributed by atoms with Crippen LogP contribution in [0.3, 0.4) is 0 Å². The Hall–Kier alpha value is -3.35. The quantitative estimate of drug-likeness (QED) is 0.331. The van der Waals surface area contributed by atoms with Crippen molar-refractivity contribution in [2.24, 2.45) is 0 Å². The summed E-state index contributed by atoms with van der Waals surface area (Å²) in [6.07, 6.45) is 2.64. The summed E-state index contributed by atoms with van der Waals surface area (Å²) in [5, 5.41) is 11.3. The molecule has 7 heteroatoms. The number of nitro benzene ring substituents is 1. The number of rotatable bonds is 7. The minimum atomic E-state index is -0.544.